The average Bonchev–Trinajstić information content (AvgIpc) is 3.03. The van der Waals surface area contributed by atoms with E-state index < -0.39 is 23.2 Å². The summed E-state index contributed by atoms with van der Waals surface area (Å²) in [6.45, 7) is 7.84. The number of aliphatic hydroxyl groups is 1. The Hall–Kier alpha value is -1.97. The lowest BCUT2D eigenvalue weighted by Crippen LogP contribution is -2.50. The van der Waals surface area contributed by atoms with E-state index in [9.17, 15) is 22.7 Å². The lowest BCUT2D eigenvalue weighted by Gasteiger charge is -2.36. The number of β-amino-alcohol motifs (C(OH)–C–C–N with tert-alkyl or cyclic N) is 1. The Morgan fingerprint density at radius 1 is 1.11 bits per heavy atom. The monoisotopic (exact) mass is 401 g/mol. The molecule has 2 heterocycles. The van der Waals surface area contributed by atoms with Crippen LogP contribution in [-0.4, -0.2) is 58.2 Å². The van der Waals surface area contributed by atoms with E-state index in [1.54, 1.807) is 13.8 Å². The molecule has 2 aromatic rings. The third-order valence-electron chi connectivity index (χ3n) is 4.53. The van der Waals surface area contributed by atoms with Crippen LogP contribution < -0.4 is 0 Å². The first-order valence-electron chi connectivity index (χ1n) is 9.00. The molecule has 0 amide bonds. The smallest absolute Gasteiger partial charge is 0.419 e. The molecule has 0 unspecified atom stereocenters. The number of oxazole rings is 1. The molecule has 1 aliphatic rings. The molecule has 0 radical (unpaired) electrons. The molecule has 0 saturated carbocycles. The van der Waals surface area contributed by atoms with Crippen molar-refractivity contribution >= 4 is 0 Å². The van der Waals surface area contributed by atoms with Crippen molar-refractivity contribution in [2.45, 2.75) is 32.2 Å². The van der Waals surface area contributed by atoms with Gasteiger partial charge in [0, 0.05) is 44.8 Å². The second-order valence-electron chi connectivity index (χ2n) is 7.70. The molecule has 28 heavy (non-hydrogen) atoms. The molecule has 0 atom stereocenters. The second kappa shape index (κ2) is 7.81. The molecular formula is C19H23F4N3O2. The van der Waals surface area contributed by atoms with Crippen molar-refractivity contribution in [3.8, 4) is 11.5 Å². The Kier molecular flexibility index (Phi) is 5.79. The molecule has 154 valence electrons. The van der Waals surface area contributed by atoms with E-state index in [4.69, 9.17) is 4.42 Å². The molecule has 0 bridgehead atoms. The minimum atomic E-state index is -4.78. The van der Waals surface area contributed by atoms with Gasteiger partial charge in [0.05, 0.1) is 16.9 Å². The Labute approximate surface area is 160 Å². The van der Waals surface area contributed by atoms with Crippen molar-refractivity contribution in [1.29, 1.82) is 0 Å². The van der Waals surface area contributed by atoms with Crippen molar-refractivity contribution < 1.29 is 27.1 Å². The zero-order valence-corrected chi connectivity index (χ0v) is 15.8. The van der Waals surface area contributed by atoms with Crippen LogP contribution in [0.15, 0.2) is 28.9 Å². The summed E-state index contributed by atoms with van der Waals surface area (Å²) in [6, 6.07) is 2.69. The van der Waals surface area contributed by atoms with Crippen LogP contribution in [0.4, 0.5) is 17.6 Å². The van der Waals surface area contributed by atoms with E-state index in [1.165, 1.54) is 12.3 Å². The van der Waals surface area contributed by atoms with Crippen LogP contribution in [0.2, 0.25) is 0 Å². The fraction of sp³-hybridized carbons (Fsp3) is 0.526. The maximum absolute atomic E-state index is 13.4. The van der Waals surface area contributed by atoms with E-state index in [0.717, 1.165) is 32.2 Å². The summed E-state index contributed by atoms with van der Waals surface area (Å²) in [5, 5.41) is 9.90. The molecule has 9 heteroatoms. The molecule has 1 fully saturated rings. The third-order valence-corrected chi connectivity index (χ3v) is 4.53. The SMILES string of the molecule is CC(C)(O)CN1CCN(Cc2coc(-c3ccc(F)c(C(F)(F)F)c3)n2)CC1. The molecule has 1 N–H and O–H groups in total. The van der Waals surface area contributed by atoms with Gasteiger partial charge in [-0.1, -0.05) is 0 Å². The molecular weight excluding hydrogens is 378 g/mol. The highest BCUT2D eigenvalue weighted by Gasteiger charge is 2.34. The van der Waals surface area contributed by atoms with Gasteiger partial charge in [0.15, 0.2) is 0 Å². The van der Waals surface area contributed by atoms with Gasteiger partial charge in [-0.05, 0) is 32.0 Å². The summed E-state index contributed by atoms with van der Waals surface area (Å²) >= 11 is 0. The van der Waals surface area contributed by atoms with Gasteiger partial charge in [0.25, 0.3) is 0 Å². The van der Waals surface area contributed by atoms with Crippen LogP contribution in [0.25, 0.3) is 11.5 Å². The van der Waals surface area contributed by atoms with Gasteiger partial charge in [-0.25, -0.2) is 9.37 Å². The highest BCUT2D eigenvalue weighted by atomic mass is 19.4. The maximum Gasteiger partial charge on any atom is 0.419 e. The number of rotatable bonds is 5. The van der Waals surface area contributed by atoms with Crippen molar-refractivity contribution in [3.05, 3.63) is 41.5 Å². The number of piperazine rings is 1. The highest BCUT2D eigenvalue weighted by molar-refractivity contribution is 5.55. The van der Waals surface area contributed by atoms with E-state index >= 15 is 0 Å². The molecule has 0 aliphatic carbocycles. The van der Waals surface area contributed by atoms with E-state index in [2.05, 4.69) is 14.8 Å². The second-order valence-corrected chi connectivity index (χ2v) is 7.70. The molecule has 3 rings (SSSR count). The number of benzene rings is 1. The number of hydrogen-bond acceptors (Lipinski definition) is 5. The lowest BCUT2D eigenvalue weighted by atomic mass is 10.1. The number of alkyl halides is 3. The van der Waals surface area contributed by atoms with Gasteiger partial charge in [0.1, 0.15) is 12.1 Å². The average molecular weight is 401 g/mol. The quantitative estimate of drug-likeness (QED) is 0.779. The zero-order valence-electron chi connectivity index (χ0n) is 15.8. The van der Waals surface area contributed by atoms with Gasteiger partial charge >= 0.3 is 6.18 Å². The minimum Gasteiger partial charge on any atom is -0.444 e. The predicted octanol–water partition coefficient (Wildman–Crippen LogP) is 3.39. The molecule has 5 nitrogen and oxygen atoms in total. The van der Waals surface area contributed by atoms with Gasteiger partial charge in [-0.15, -0.1) is 0 Å². The first kappa shape index (κ1) is 20.8. The largest absolute Gasteiger partial charge is 0.444 e. The standard InChI is InChI=1S/C19H23F4N3O2/c1-18(2,27)12-26-7-5-25(6-8-26)10-14-11-28-17(24-14)13-3-4-16(20)15(9-13)19(21,22)23/h3-4,9,11,27H,5-8,10,12H2,1-2H3. The summed E-state index contributed by atoms with van der Waals surface area (Å²) in [4.78, 5) is 8.60. The van der Waals surface area contributed by atoms with E-state index in [1.807, 2.05) is 0 Å². The van der Waals surface area contributed by atoms with Crippen molar-refractivity contribution in [3.63, 3.8) is 0 Å². The van der Waals surface area contributed by atoms with Crippen LogP contribution in [-0.2, 0) is 12.7 Å². The van der Waals surface area contributed by atoms with Crippen LogP contribution in [0.5, 0.6) is 0 Å². The number of aromatic nitrogens is 1. The summed E-state index contributed by atoms with van der Waals surface area (Å²) < 4.78 is 57.4. The van der Waals surface area contributed by atoms with Crippen LogP contribution in [0.3, 0.4) is 0 Å². The van der Waals surface area contributed by atoms with Gasteiger partial charge in [-0.3, -0.25) is 9.80 Å². The number of halogens is 4. The Morgan fingerprint density at radius 3 is 2.36 bits per heavy atom. The summed E-state index contributed by atoms with van der Waals surface area (Å²) in [7, 11) is 0. The number of nitrogens with zero attached hydrogens (tertiary/aromatic N) is 3. The summed E-state index contributed by atoms with van der Waals surface area (Å²) in [6.07, 6.45) is -3.37. The fourth-order valence-electron chi connectivity index (χ4n) is 3.27. The molecule has 1 aliphatic heterocycles. The fourth-order valence-corrected chi connectivity index (χ4v) is 3.27. The van der Waals surface area contributed by atoms with Gasteiger partial charge in [0.2, 0.25) is 5.89 Å². The first-order valence-corrected chi connectivity index (χ1v) is 9.00. The maximum atomic E-state index is 13.4. The summed E-state index contributed by atoms with van der Waals surface area (Å²) in [5.74, 6) is -1.30. The summed E-state index contributed by atoms with van der Waals surface area (Å²) in [5.41, 5.74) is -1.40. The molecule has 1 saturated heterocycles. The molecule has 1 aromatic heterocycles. The van der Waals surface area contributed by atoms with Crippen LogP contribution in [0.1, 0.15) is 25.1 Å². The van der Waals surface area contributed by atoms with Crippen LogP contribution in [0, 0.1) is 5.82 Å². The third kappa shape index (κ3) is 5.30. The van der Waals surface area contributed by atoms with Crippen molar-refractivity contribution in [1.82, 2.24) is 14.8 Å². The Bertz CT molecular complexity index is 806. The number of hydrogen-bond donors (Lipinski definition) is 1. The zero-order chi connectivity index (χ0) is 20.5. The van der Waals surface area contributed by atoms with Crippen LogP contribution >= 0.6 is 0 Å². The molecule has 0 spiro atoms. The van der Waals surface area contributed by atoms with Gasteiger partial charge < -0.3 is 9.52 Å². The topological polar surface area (TPSA) is 52.7 Å². The van der Waals surface area contributed by atoms with Crippen molar-refractivity contribution in [2.24, 2.45) is 0 Å². The minimum absolute atomic E-state index is 0.0289. The predicted molar refractivity (Wildman–Crippen MR) is 94.9 cm³/mol. The first-order chi connectivity index (χ1) is 13.0. The lowest BCUT2D eigenvalue weighted by molar-refractivity contribution is -0.139. The molecule has 1 aromatic carbocycles. The van der Waals surface area contributed by atoms with E-state index in [-0.39, 0.29) is 11.5 Å². The van der Waals surface area contributed by atoms with Gasteiger partial charge in [-0.2, -0.15) is 13.2 Å². The Balaban J connectivity index is 1.63. The normalized spacial score (nSPS) is 17.2. The van der Waals surface area contributed by atoms with E-state index in [0.29, 0.717) is 24.8 Å². The Morgan fingerprint density at radius 2 is 1.75 bits per heavy atom. The van der Waals surface area contributed by atoms with Crippen molar-refractivity contribution in [2.75, 3.05) is 32.7 Å². The highest BCUT2D eigenvalue weighted by Crippen LogP contribution is 2.34.